The third-order valence-electron chi connectivity index (χ3n) is 4.85. The van der Waals surface area contributed by atoms with Crippen molar-refractivity contribution in [2.24, 2.45) is 0 Å². The van der Waals surface area contributed by atoms with Crippen molar-refractivity contribution < 1.29 is 9.59 Å². The van der Waals surface area contributed by atoms with E-state index in [1.807, 2.05) is 73.7 Å². The first-order valence-electron chi connectivity index (χ1n) is 9.86. The number of anilines is 1. The average Bonchev–Trinajstić information content (AvgIpc) is 2.75. The molecule has 3 aromatic carbocycles. The molecule has 0 saturated carbocycles. The van der Waals surface area contributed by atoms with Gasteiger partial charge in [0.15, 0.2) is 0 Å². The zero-order valence-electron chi connectivity index (χ0n) is 16.8. The van der Waals surface area contributed by atoms with Gasteiger partial charge in [0, 0.05) is 17.7 Å². The number of hydrogen-bond donors (Lipinski definition) is 2. The van der Waals surface area contributed by atoms with Crippen LogP contribution in [0, 0.1) is 6.92 Å². The van der Waals surface area contributed by atoms with Gasteiger partial charge in [0.05, 0.1) is 0 Å². The Bertz CT molecular complexity index is 948. The summed E-state index contributed by atoms with van der Waals surface area (Å²) in [6, 6.07) is 24.1. The maximum absolute atomic E-state index is 13.0. The molecule has 0 heterocycles. The van der Waals surface area contributed by atoms with Gasteiger partial charge in [0.2, 0.25) is 5.91 Å². The second-order valence-corrected chi connectivity index (χ2v) is 7.12. The van der Waals surface area contributed by atoms with Crippen molar-refractivity contribution in [2.45, 2.75) is 32.7 Å². The molecule has 0 aliphatic heterocycles. The zero-order chi connectivity index (χ0) is 20.6. The molecule has 2 N–H and O–H groups in total. The first-order valence-corrected chi connectivity index (χ1v) is 9.86. The SMILES string of the molecule is CCc1ccc(NC(=O)C(Cc2ccccc2)NC(=O)c2ccc(C)cc2)cc1. The minimum Gasteiger partial charge on any atom is -0.340 e. The number of benzene rings is 3. The summed E-state index contributed by atoms with van der Waals surface area (Å²) in [5.74, 6) is -0.499. The normalized spacial score (nSPS) is 11.5. The van der Waals surface area contributed by atoms with Crippen LogP contribution in [0.3, 0.4) is 0 Å². The number of carbonyl (C=O) groups is 2. The van der Waals surface area contributed by atoms with Crippen LogP contribution >= 0.6 is 0 Å². The summed E-state index contributed by atoms with van der Waals surface area (Å²) in [7, 11) is 0. The monoisotopic (exact) mass is 386 g/mol. The molecule has 2 amide bonds. The van der Waals surface area contributed by atoms with Gasteiger partial charge in [-0.05, 0) is 48.7 Å². The third-order valence-corrected chi connectivity index (χ3v) is 4.85. The van der Waals surface area contributed by atoms with E-state index >= 15 is 0 Å². The highest BCUT2D eigenvalue weighted by molar-refractivity contribution is 6.01. The molecule has 0 bridgehead atoms. The van der Waals surface area contributed by atoms with E-state index in [-0.39, 0.29) is 11.8 Å². The largest absolute Gasteiger partial charge is 0.340 e. The van der Waals surface area contributed by atoms with Crippen molar-refractivity contribution in [2.75, 3.05) is 5.32 Å². The Morgan fingerprint density at radius 2 is 1.48 bits per heavy atom. The van der Waals surface area contributed by atoms with Gasteiger partial charge in [-0.25, -0.2) is 0 Å². The zero-order valence-corrected chi connectivity index (χ0v) is 16.8. The van der Waals surface area contributed by atoms with Gasteiger partial charge in [0.1, 0.15) is 6.04 Å². The van der Waals surface area contributed by atoms with Crippen LogP contribution in [0.15, 0.2) is 78.9 Å². The van der Waals surface area contributed by atoms with Crippen molar-refractivity contribution in [1.29, 1.82) is 0 Å². The molecule has 0 saturated heterocycles. The Morgan fingerprint density at radius 1 is 0.828 bits per heavy atom. The van der Waals surface area contributed by atoms with E-state index in [0.29, 0.717) is 12.0 Å². The molecule has 4 heteroatoms. The molecule has 0 fully saturated rings. The average molecular weight is 386 g/mol. The number of hydrogen-bond acceptors (Lipinski definition) is 2. The molecule has 29 heavy (non-hydrogen) atoms. The summed E-state index contributed by atoms with van der Waals surface area (Å²) < 4.78 is 0. The van der Waals surface area contributed by atoms with Crippen LogP contribution in [0.1, 0.15) is 34.0 Å². The van der Waals surface area contributed by atoms with Crippen LogP contribution in [0.2, 0.25) is 0 Å². The molecule has 1 unspecified atom stereocenters. The lowest BCUT2D eigenvalue weighted by atomic mass is 10.0. The second kappa shape index (κ2) is 9.69. The quantitative estimate of drug-likeness (QED) is 0.626. The molecule has 0 spiro atoms. The van der Waals surface area contributed by atoms with E-state index < -0.39 is 6.04 Å². The Morgan fingerprint density at radius 3 is 2.10 bits per heavy atom. The maximum Gasteiger partial charge on any atom is 0.251 e. The van der Waals surface area contributed by atoms with Crippen LogP contribution in [0.5, 0.6) is 0 Å². The van der Waals surface area contributed by atoms with Gasteiger partial charge in [-0.2, -0.15) is 0 Å². The maximum atomic E-state index is 13.0. The van der Waals surface area contributed by atoms with Gasteiger partial charge in [0.25, 0.3) is 5.91 Å². The van der Waals surface area contributed by atoms with Crippen molar-refractivity contribution in [3.8, 4) is 0 Å². The number of amides is 2. The van der Waals surface area contributed by atoms with Crippen LogP contribution < -0.4 is 10.6 Å². The minimum absolute atomic E-state index is 0.237. The van der Waals surface area contributed by atoms with Gasteiger partial charge < -0.3 is 10.6 Å². The van der Waals surface area contributed by atoms with E-state index in [9.17, 15) is 9.59 Å². The summed E-state index contributed by atoms with van der Waals surface area (Å²) in [6.45, 7) is 4.06. The molecule has 4 nitrogen and oxygen atoms in total. The van der Waals surface area contributed by atoms with Crippen LogP contribution in [-0.4, -0.2) is 17.9 Å². The standard InChI is InChI=1S/C25H26N2O2/c1-3-19-11-15-22(16-12-19)26-25(29)23(17-20-7-5-4-6-8-20)27-24(28)21-13-9-18(2)10-14-21/h4-16,23H,3,17H2,1-2H3,(H,26,29)(H,27,28). The van der Waals surface area contributed by atoms with Crippen molar-refractivity contribution in [1.82, 2.24) is 5.32 Å². The summed E-state index contributed by atoms with van der Waals surface area (Å²) in [5.41, 5.74) is 4.52. The molecule has 0 aliphatic carbocycles. The summed E-state index contributed by atoms with van der Waals surface area (Å²) in [6.07, 6.45) is 1.36. The van der Waals surface area contributed by atoms with E-state index in [1.54, 1.807) is 12.1 Å². The van der Waals surface area contributed by atoms with Gasteiger partial charge >= 0.3 is 0 Å². The smallest absolute Gasteiger partial charge is 0.251 e. The van der Waals surface area contributed by atoms with Crippen molar-refractivity contribution in [3.63, 3.8) is 0 Å². The first-order chi connectivity index (χ1) is 14.0. The minimum atomic E-state index is -0.683. The van der Waals surface area contributed by atoms with E-state index in [4.69, 9.17) is 0 Å². The van der Waals surface area contributed by atoms with Crippen LogP contribution in [-0.2, 0) is 17.6 Å². The van der Waals surface area contributed by atoms with Gasteiger partial charge in [-0.1, -0.05) is 67.1 Å². The topological polar surface area (TPSA) is 58.2 Å². The van der Waals surface area contributed by atoms with Crippen molar-refractivity contribution >= 4 is 17.5 Å². The third kappa shape index (κ3) is 5.79. The fraction of sp³-hybridized carbons (Fsp3) is 0.200. The van der Waals surface area contributed by atoms with Crippen molar-refractivity contribution in [3.05, 3.63) is 101 Å². The van der Waals surface area contributed by atoms with E-state index in [2.05, 4.69) is 17.6 Å². The lowest BCUT2D eigenvalue weighted by molar-refractivity contribution is -0.118. The molecule has 148 valence electrons. The Kier molecular flexibility index (Phi) is 6.80. The Balaban J connectivity index is 1.76. The van der Waals surface area contributed by atoms with E-state index in [1.165, 1.54) is 5.56 Å². The number of carbonyl (C=O) groups excluding carboxylic acids is 2. The number of aryl methyl sites for hydroxylation is 2. The second-order valence-electron chi connectivity index (χ2n) is 7.12. The van der Waals surface area contributed by atoms with Crippen LogP contribution in [0.4, 0.5) is 5.69 Å². The Labute approximate surface area is 172 Å². The molecule has 3 aromatic rings. The molecule has 0 aliphatic rings. The highest BCUT2D eigenvalue weighted by Crippen LogP contribution is 2.12. The predicted molar refractivity (Wildman–Crippen MR) is 117 cm³/mol. The highest BCUT2D eigenvalue weighted by atomic mass is 16.2. The first kappa shape index (κ1) is 20.3. The summed E-state index contributed by atoms with van der Waals surface area (Å²) in [5, 5.41) is 5.82. The lowest BCUT2D eigenvalue weighted by Gasteiger charge is -2.19. The van der Waals surface area contributed by atoms with E-state index in [0.717, 1.165) is 23.2 Å². The molecule has 0 aromatic heterocycles. The van der Waals surface area contributed by atoms with Gasteiger partial charge in [-0.15, -0.1) is 0 Å². The van der Waals surface area contributed by atoms with Gasteiger partial charge in [-0.3, -0.25) is 9.59 Å². The lowest BCUT2D eigenvalue weighted by Crippen LogP contribution is -2.45. The number of nitrogens with one attached hydrogen (secondary N) is 2. The fourth-order valence-corrected chi connectivity index (χ4v) is 3.06. The molecule has 1 atom stereocenters. The molecule has 3 rings (SSSR count). The summed E-state index contributed by atoms with van der Waals surface area (Å²) in [4.78, 5) is 25.7. The number of rotatable bonds is 7. The Hall–Kier alpha value is -3.40. The summed E-state index contributed by atoms with van der Waals surface area (Å²) >= 11 is 0. The fourth-order valence-electron chi connectivity index (χ4n) is 3.06. The molecule has 0 radical (unpaired) electrons. The molecular formula is C25H26N2O2. The van der Waals surface area contributed by atoms with Crippen LogP contribution in [0.25, 0.3) is 0 Å². The highest BCUT2D eigenvalue weighted by Gasteiger charge is 2.22. The predicted octanol–water partition coefficient (Wildman–Crippen LogP) is 4.54. The molecular weight excluding hydrogens is 360 g/mol.